The molecule has 0 N–H and O–H groups in total. The molecule has 0 bridgehead atoms. The molecule has 29 heavy (non-hydrogen) atoms. The second kappa shape index (κ2) is 7.39. The van der Waals surface area contributed by atoms with Gasteiger partial charge in [-0.15, -0.1) is 0 Å². The zero-order chi connectivity index (χ0) is 20.0. The van der Waals surface area contributed by atoms with Crippen molar-refractivity contribution < 1.29 is 8.95 Å². The molecule has 2 aromatic carbocycles. The van der Waals surface area contributed by atoms with E-state index < -0.39 is 10.8 Å². The molecule has 0 radical (unpaired) electrons. The molecule has 2 aliphatic rings. The molecule has 3 aromatic rings. The predicted octanol–water partition coefficient (Wildman–Crippen LogP) is 3.19. The minimum Gasteiger partial charge on any atom is -0.493 e. The zero-order valence-electron chi connectivity index (χ0n) is 16.7. The number of rotatable bonds is 4. The molecule has 0 spiro atoms. The van der Waals surface area contributed by atoms with Gasteiger partial charge < -0.3 is 4.74 Å². The van der Waals surface area contributed by atoms with Crippen molar-refractivity contribution in [1.82, 2.24) is 19.7 Å². The average molecular weight is 409 g/mol. The van der Waals surface area contributed by atoms with Gasteiger partial charge >= 0.3 is 0 Å². The van der Waals surface area contributed by atoms with E-state index in [9.17, 15) is 4.21 Å². The summed E-state index contributed by atoms with van der Waals surface area (Å²) in [6.45, 7) is 5.56. The molecular weight excluding hydrogens is 384 g/mol. The summed E-state index contributed by atoms with van der Waals surface area (Å²) in [6, 6.07) is 14.6. The second-order valence-electron chi connectivity index (χ2n) is 7.67. The SMILES string of the molecule is CC(c1ccc2c(c1)OCC2)N1CCn2nc(-c3ccc(S(C)=O)cc3)nc2C1. The maximum Gasteiger partial charge on any atom is 0.181 e. The highest BCUT2D eigenvalue weighted by Crippen LogP contribution is 2.32. The maximum absolute atomic E-state index is 11.6. The summed E-state index contributed by atoms with van der Waals surface area (Å²) in [4.78, 5) is 8.04. The fourth-order valence-corrected chi connectivity index (χ4v) is 4.58. The molecule has 0 fully saturated rings. The molecule has 2 unspecified atom stereocenters. The summed E-state index contributed by atoms with van der Waals surface area (Å²) >= 11 is 0. The van der Waals surface area contributed by atoms with Gasteiger partial charge in [-0.3, -0.25) is 9.11 Å². The summed E-state index contributed by atoms with van der Waals surface area (Å²) in [6.07, 6.45) is 2.69. The molecule has 5 rings (SSSR count). The number of nitrogens with zero attached hydrogens (tertiary/aromatic N) is 4. The van der Waals surface area contributed by atoms with Crippen molar-refractivity contribution in [3.63, 3.8) is 0 Å². The highest BCUT2D eigenvalue weighted by Gasteiger charge is 2.25. The van der Waals surface area contributed by atoms with E-state index in [1.165, 1.54) is 11.1 Å². The van der Waals surface area contributed by atoms with Crippen molar-refractivity contribution in [2.45, 2.75) is 37.4 Å². The molecule has 0 amide bonds. The topological polar surface area (TPSA) is 60.2 Å². The van der Waals surface area contributed by atoms with Crippen LogP contribution in [-0.2, 0) is 30.3 Å². The van der Waals surface area contributed by atoms with Crippen LogP contribution in [0.15, 0.2) is 47.4 Å². The largest absolute Gasteiger partial charge is 0.493 e. The van der Waals surface area contributed by atoms with E-state index in [-0.39, 0.29) is 6.04 Å². The zero-order valence-corrected chi connectivity index (χ0v) is 17.5. The van der Waals surface area contributed by atoms with Crippen LogP contribution in [-0.4, -0.2) is 43.3 Å². The average Bonchev–Trinajstić information content (AvgIpc) is 3.38. The highest BCUT2D eigenvalue weighted by atomic mass is 32.2. The number of hydrogen-bond acceptors (Lipinski definition) is 5. The molecule has 0 aliphatic carbocycles. The normalized spacial score (nSPS) is 18.0. The third-order valence-electron chi connectivity index (χ3n) is 5.89. The second-order valence-corrected chi connectivity index (χ2v) is 9.05. The Balaban J connectivity index is 1.35. The Labute approximate surface area is 173 Å². The van der Waals surface area contributed by atoms with Crippen molar-refractivity contribution in [1.29, 1.82) is 0 Å². The van der Waals surface area contributed by atoms with Gasteiger partial charge in [0.05, 0.1) is 19.7 Å². The quantitative estimate of drug-likeness (QED) is 0.664. The lowest BCUT2D eigenvalue weighted by molar-refractivity contribution is 0.158. The van der Waals surface area contributed by atoms with Crippen LogP contribution in [0.25, 0.3) is 11.4 Å². The predicted molar refractivity (Wildman–Crippen MR) is 112 cm³/mol. The van der Waals surface area contributed by atoms with Crippen LogP contribution in [0, 0.1) is 0 Å². The monoisotopic (exact) mass is 408 g/mol. The van der Waals surface area contributed by atoms with Gasteiger partial charge in [0.2, 0.25) is 0 Å². The van der Waals surface area contributed by atoms with E-state index in [0.29, 0.717) is 0 Å². The van der Waals surface area contributed by atoms with Crippen molar-refractivity contribution in [2.75, 3.05) is 19.4 Å². The Morgan fingerprint density at radius 1 is 1.14 bits per heavy atom. The van der Waals surface area contributed by atoms with Crippen LogP contribution in [0.4, 0.5) is 0 Å². The van der Waals surface area contributed by atoms with Crippen LogP contribution in [0.3, 0.4) is 0 Å². The van der Waals surface area contributed by atoms with Crippen LogP contribution >= 0.6 is 0 Å². The number of aromatic nitrogens is 3. The Kier molecular flexibility index (Phi) is 4.72. The molecule has 7 heteroatoms. The van der Waals surface area contributed by atoms with E-state index in [4.69, 9.17) is 14.8 Å². The first-order valence-electron chi connectivity index (χ1n) is 9.96. The highest BCUT2D eigenvalue weighted by molar-refractivity contribution is 7.84. The van der Waals surface area contributed by atoms with Gasteiger partial charge in [-0.2, -0.15) is 5.10 Å². The van der Waals surface area contributed by atoms with E-state index >= 15 is 0 Å². The first kappa shape index (κ1) is 18.5. The maximum atomic E-state index is 11.6. The molecule has 2 aliphatic heterocycles. The summed E-state index contributed by atoms with van der Waals surface area (Å²) in [5.41, 5.74) is 3.54. The molecule has 0 saturated carbocycles. The van der Waals surface area contributed by atoms with E-state index in [0.717, 1.165) is 60.5 Å². The number of benzene rings is 2. The van der Waals surface area contributed by atoms with Gasteiger partial charge in [-0.1, -0.05) is 12.1 Å². The molecular formula is C22H24N4O2S. The van der Waals surface area contributed by atoms with Gasteiger partial charge in [-0.05, 0) is 48.4 Å². The molecule has 6 nitrogen and oxygen atoms in total. The standard InChI is InChI=1S/C22H24N4O2S/c1-15(18-4-3-16-9-12-28-20(16)13-18)25-10-11-26-21(14-25)23-22(24-26)17-5-7-19(8-6-17)29(2)27/h3-8,13,15H,9-12,14H2,1-2H3. The molecule has 150 valence electrons. The van der Waals surface area contributed by atoms with Crippen LogP contribution in [0.1, 0.15) is 29.9 Å². The van der Waals surface area contributed by atoms with E-state index in [1.807, 2.05) is 28.9 Å². The fourth-order valence-electron chi connectivity index (χ4n) is 4.06. The van der Waals surface area contributed by atoms with Gasteiger partial charge in [0.25, 0.3) is 0 Å². The third kappa shape index (κ3) is 3.49. The first-order chi connectivity index (χ1) is 14.1. The Hall–Kier alpha value is -2.51. The lowest BCUT2D eigenvalue weighted by Gasteiger charge is -2.32. The summed E-state index contributed by atoms with van der Waals surface area (Å²) < 4.78 is 19.3. The summed E-state index contributed by atoms with van der Waals surface area (Å²) in [7, 11) is -0.976. The first-order valence-corrected chi connectivity index (χ1v) is 11.5. The van der Waals surface area contributed by atoms with Gasteiger partial charge in [-0.25, -0.2) is 9.67 Å². The number of fused-ring (bicyclic) bond motifs is 2. The smallest absolute Gasteiger partial charge is 0.181 e. The van der Waals surface area contributed by atoms with Crippen LogP contribution in [0.5, 0.6) is 5.75 Å². The van der Waals surface area contributed by atoms with Gasteiger partial charge in [0, 0.05) is 46.5 Å². The van der Waals surface area contributed by atoms with Crippen molar-refractivity contribution >= 4 is 10.8 Å². The molecule has 2 atom stereocenters. The number of ether oxygens (including phenoxy) is 1. The molecule has 1 aromatic heterocycles. The minimum atomic E-state index is -0.976. The molecule has 0 saturated heterocycles. The van der Waals surface area contributed by atoms with Crippen molar-refractivity contribution in [3.8, 4) is 17.1 Å². The summed E-state index contributed by atoms with van der Waals surface area (Å²) in [5, 5.41) is 4.69. The van der Waals surface area contributed by atoms with Crippen LogP contribution in [0.2, 0.25) is 0 Å². The third-order valence-corrected chi connectivity index (χ3v) is 6.82. The number of hydrogen-bond donors (Lipinski definition) is 0. The Morgan fingerprint density at radius 2 is 1.97 bits per heavy atom. The lowest BCUT2D eigenvalue weighted by atomic mass is 10.0. The molecule has 3 heterocycles. The van der Waals surface area contributed by atoms with Gasteiger partial charge in [0.15, 0.2) is 5.82 Å². The van der Waals surface area contributed by atoms with E-state index in [1.54, 1.807) is 6.26 Å². The minimum absolute atomic E-state index is 0.289. The van der Waals surface area contributed by atoms with Crippen molar-refractivity contribution in [2.24, 2.45) is 0 Å². The summed E-state index contributed by atoms with van der Waals surface area (Å²) in [5.74, 6) is 2.75. The van der Waals surface area contributed by atoms with E-state index in [2.05, 4.69) is 30.0 Å². The Morgan fingerprint density at radius 3 is 2.76 bits per heavy atom. The Bertz CT molecular complexity index is 1080. The fraction of sp³-hybridized carbons (Fsp3) is 0.364. The van der Waals surface area contributed by atoms with Crippen molar-refractivity contribution in [3.05, 3.63) is 59.4 Å². The van der Waals surface area contributed by atoms with Gasteiger partial charge in [0.1, 0.15) is 11.6 Å². The van der Waals surface area contributed by atoms with Crippen LogP contribution < -0.4 is 4.74 Å². The lowest BCUT2D eigenvalue weighted by Crippen LogP contribution is -2.36.